The van der Waals surface area contributed by atoms with E-state index >= 15 is 0 Å². The second-order valence-corrected chi connectivity index (χ2v) is 5.19. The van der Waals surface area contributed by atoms with Crippen molar-refractivity contribution >= 4 is 11.0 Å². The van der Waals surface area contributed by atoms with Gasteiger partial charge in [-0.05, 0) is 23.3 Å². The first-order chi connectivity index (χ1) is 9.83. The number of fused-ring (bicyclic) bond motifs is 2. The van der Waals surface area contributed by atoms with Crippen LogP contribution in [-0.4, -0.2) is 5.11 Å². The molecule has 2 heterocycles. The zero-order valence-corrected chi connectivity index (χ0v) is 10.9. The highest BCUT2D eigenvalue weighted by Gasteiger charge is 2.30. The van der Waals surface area contributed by atoms with Gasteiger partial charge in [-0.3, -0.25) is 0 Å². The Morgan fingerprint density at radius 1 is 1.10 bits per heavy atom. The Bertz CT molecular complexity index is 729. The Morgan fingerprint density at radius 3 is 2.80 bits per heavy atom. The number of benzene rings is 2. The van der Waals surface area contributed by atoms with Gasteiger partial charge in [-0.25, -0.2) is 0 Å². The highest BCUT2D eigenvalue weighted by Crippen LogP contribution is 2.36. The fourth-order valence-electron chi connectivity index (χ4n) is 2.92. The zero-order valence-electron chi connectivity index (χ0n) is 10.9. The van der Waals surface area contributed by atoms with Gasteiger partial charge in [-0.1, -0.05) is 42.5 Å². The molecule has 4 rings (SSSR count). The fraction of sp³-hybridized carbons (Fsp3) is 0.176. The highest BCUT2D eigenvalue weighted by molar-refractivity contribution is 5.77. The van der Waals surface area contributed by atoms with Crippen LogP contribution in [0.2, 0.25) is 0 Å². The molecule has 3 aromatic rings. The molecule has 0 fully saturated rings. The molecule has 0 bridgehead atoms. The zero-order chi connectivity index (χ0) is 13.5. The van der Waals surface area contributed by atoms with Crippen LogP contribution in [0.4, 0.5) is 0 Å². The van der Waals surface area contributed by atoms with Gasteiger partial charge in [0, 0.05) is 11.9 Å². The lowest BCUT2D eigenvalue weighted by molar-refractivity contribution is 0.111. The molecule has 3 nitrogen and oxygen atoms in total. The molecule has 0 saturated carbocycles. The quantitative estimate of drug-likeness (QED) is 0.747. The molecule has 0 amide bonds. The van der Waals surface area contributed by atoms with Gasteiger partial charge in [-0.15, -0.1) is 0 Å². The number of rotatable bonds is 2. The van der Waals surface area contributed by atoms with E-state index in [1.165, 1.54) is 5.56 Å². The lowest BCUT2D eigenvalue weighted by Gasteiger charge is -2.17. The molecule has 20 heavy (non-hydrogen) atoms. The standard InChI is InChI=1S/C17H15NO2/c19-17(15-9-11-5-2-4-8-14(11)20-15)16-13-7-3-1-6-12(13)10-18-16/h1-9,16-19H,10H2. The minimum Gasteiger partial charge on any atom is -0.458 e. The largest absolute Gasteiger partial charge is 0.458 e. The van der Waals surface area contributed by atoms with Crippen molar-refractivity contribution in [1.29, 1.82) is 0 Å². The molecule has 3 heteroatoms. The van der Waals surface area contributed by atoms with Gasteiger partial charge >= 0.3 is 0 Å². The maximum atomic E-state index is 10.6. The summed E-state index contributed by atoms with van der Waals surface area (Å²) in [6.45, 7) is 0.790. The van der Waals surface area contributed by atoms with Crippen LogP contribution < -0.4 is 5.32 Å². The summed E-state index contributed by atoms with van der Waals surface area (Å²) in [6.07, 6.45) is -0.675. The van der Waals surface area contributed by atoms with E-state index in [-0.39, 0.29) is 6.04 Å². The van der Waals surface area contributed by atoms with Gasteiger partial charge in [-0.2, -0.15) is 0 Å². The third-order valence-electron chi connectivity index (χ3n) is 3.95. The van der Waals surface area contributed by atoms with Crippen LogP contribution in [0, 0.1) is 0 Å². The maximum Gasteiger partial charge on any atom is 0.135 e. The van der Waals surface area contributed by atoms with Gasteiger partial charge in [0.1, 0.15) is 17.4 Å². The van der Waals surface area contributed by atoms with E-state index in [0.29, 0.717) is 5.76 Å². The van der Waals surface area contributed by atoms with E-state index in [0.717, 1.165) is 23.1 Å². The van der Waals surface area contributed by atoms with Crippen LogP contribution in [0.1, 0.15) is 29.0 Å². The van der Waals surface area contributed by atoms with Crippen molar-refractivity contribution in [2.75, 3.05) is 0 Å². The molecular formula is C17H15NO2. The van der Waals surface area contributed by atoms with Crippen molar-refractivity contribution in [3.8, 4) is 0 Å². The third kappa shape index (κ3) is 1.75. The predicted octanol–water partition coefficient (Wildman–Crippen LogP) is 3.31. The molecule has 0 aliphatic carbocycles. The Hall–Kier alpha value is -2.10. The average Bonchev–Trinajstić information content (AvgIpc) is 3.10. The predicted molar refractivity (Wildman–Crippen MR) is 77.2 cm³/mol. The molecule has 100 valence electrons. The Morgan fingerprint density at radius 2 is 1.90 bits per heavy atom. The molecule has 1 aromatic heterocycles. The van der Waals surface area contributed by atoms with Crippen LogP contribution in [-0.2, 0) is 6.54 Å². The molecular weight excluding hydrogens is 250 g/mol. The lowest BCUT2D eigenvalue weighted by atomic mass is 9.99. The number of hydrogen-bond acceptors (Lipinski definition) is 3. The summed E-state index contributed by atoms with van der Waals surface area (Å²) in [4.78, 5) is 0. The molecule has 0 saturated heterocycles. The normalized spacial score (nSPS) is 19.1. The van der Waals surface area contributed by atoms with Crippen LogP contribution in [0.3, 0.4) is 0 Å². The fourth-order valence-corrected chi connectivity index (χ4v) is 2.92. The highest BCUT2D eigenvalue weighted by atomic mass is 16.4. The number of aliphatic hydroxyl groups is 1. The molecule has 2 aromatic carbocycles. The van der Waals surface area contributed by atoms with Crippen molar-refractivity contribution in [1.82, 2.24) is 5.32 Å². The van der Waals surface area contributed by atoms with Gasteiger partial charge in [0.25, 0.3) is 0 Å². The average molecular weight is 265 g/mol. The summed E-state index contributed by atoms with van der Waals surface area (Å²) in [6, 6.07) is 17.8. The first kappa shape index (κ1) is 11.7. The van der Waals surface area contributed by atoms with E-state index in [4.69, 9.17) is 4.42 Å². The van der Waals surface area contributed by atoms with E-state index in [9.17, 15) is 5.11 Å². The van der Waals surface area contributed by atoms with Crippen LogP contribution in [0.25, 0.3) is 11.0 Å². The van der Waals surface area contributed by atoms with Gasteiger partial charge in [0.05, 0.1) is 6.04 Å². The molecule has 0 spiro atoms. The minimum atomic E-state index is -0.675. The van der Waals surface area contributed by atoms with Gasteiger partial charge in [0.2, 0.25) is 0 Å². The Labute approximate surface area is 116 Å². The second kappa shape index (κ2) is 4.47. The number of aliphatic hydroxyl groups excluding tert-OH is 1. The topological polar surface area (TPSA) is 45.4 Å². The van der Waals surface area contributed by atoms with E-state index in [2.05, 4.69) is 17.4 Å². The summed E-state index contributed by atoms with van der Waals surface area (Å²) >= 11 is 0. The van der Waals surface area contributed by atoms with Crippen LogP contribution in [0.5, 0.6) is 0 Å². The summed E-state index contributed by atoms with van der Waals surface area (Å²) < 4.78 is 5.77. The third-order valence-corrected chi connectivity index (χ3v) is 3.95. The number of furan rings is 1. The van der Waals surface area contributed by atoms with Crippen molar-refractivity contribution in [2.45, 2.75) is 18.7 Å². The molecule has 2 N–H and O–H groups in total. The first-order valence-corrected chi connectivity index (χ1v) is 6.80. The van der Waals surface area contributed by atoms with Gasteiger partial charge < -0.3 is 14.8 Å². The molecule has 1 aliphatic heterocycles. The van der Waals surface area contributed by atoms with Crippen molar-refractivity contribution in [2.24, 2.45) is 0 Å². The summed E-state index contributed by atoms with van der Waals surface area (Å²) in [5, 5.41) is 15.0. The van der Waals surface area contributed by atoms with E-state index in [1.807, 2.05) is 42.5 Å². The minimum absolute atomic E-state index is 0.105. The second-order valence-electron chi connectivity index (χ2n) is 5.19. The SMILES string of the molecule is OC(c1cc2ccccc2o1)C1NCc2ccccc21. The van der Waals surface area contributed by atoms with E-state index < -0.39 is 6.10 Å². The van der Waals surface area contributed by atoms with Crippen molar-refractivity contribution < 1.29 is 9.52 Å². The van der Waals surface area contributed by atoms with Gasteiger partial charge in [0.15, 0.2) is 0 Å². The molecule has 0 radical (unpaired) electrons. The van der Waals surface area contributed by atoms with Crippen LogP contribution >= 0.6 is 0 Å². The number of nitrogens with one attached hydrogen (secondary N) is 1. The summed E-state index contributed by atoms with van der Waals surface area (Å²) in [5.41, 5.74) is 3.21. The molecule has 2 atom stereocenters. The Kier molecular flexibility index (Phi) is 2.62. The molecule has 1 aliphatic rings. The van der Waals surface area contributed by atoms with Crippen molar-refractivity contribution in [3.05, 3.63) is 71.5 Å². The first-order valence-electron chi connectivity index (χ1n) is 6.80. The number of para-hydroxylation sites is 1. The monoisotopic (exact) mass is 265 g/mol. The Balaban J connectivity index is 1.72. The smallest absolute Gasteiger partial charge is 0.135 e. The summed E-state index contributed by atoms with van der Waals surface area (Å²) in [5.74, 6) is 0.611. The maximum absolute atomic E-state index is 10.6. The summed E-state index contributed by atoms with van der Waals surface area (Å²) in [7, 11) is 0. The van der Waals surface area contributed by atoms with E-state index in [1.54, 1.807) is 0 Å². The lowest BCUT2D eigenvalue weighted by Crippen LogP contribution is -2.19. The van der Waals surface area contributed by atoms with Crippen LogP contribution in [0.15, 0.2) is 59.0 Å². The number of hydrogen-bond donors (Lipinski definition) is 2. The van der Waals surface area contributed by atoms with Crippen molar-refractivity contribution in [3.63, 3.8) is 0 Å². The molecule has 2 unspecified atom stereocenters.